The van der Waals surface area contributed by atoms with Crippen molar-refractivity contribution in [3.63, 3.8) is 0 Å². The molecule has 0 bridgehead atoms. The Hall–Kier alpha value is -0.610. The summed E-state index contributed by atoms with van der Waals surface area (Å²) in [4.78, 5) is 11.7. The van der Waals surface area contributed by atoms with E-state index in [1.165, 1.54) is 38.5 Å². The molecule has 2 aliphatic rings. The smallest absolute Gasteiger partial charge is 0.237 e. The van der Waals surface area contributed by atoms with E-state index in [9.17, 15) is 9.90 Å². The van der Waals surface area contributed by atoms with E-state index in [1.807, 2.05) is 0 Å². The van der Waals surface area contributed by atoms with E-state index in [1.54, 1.807) is 0 Å². The molecule has 0 aromatic heterocycles. The fourth-order valence-corrected chi connectivity index (χ4v) is 3.11. The first-order valence-electron chi connectivity index (χ1n) is 7.45. The van der Waals surface area contributed by atoms with Gasteiger partial charge in [-0.1, -0.05) is 38.5 Å². The largest absolute Gasteiger partial charge is 0.392 e. The summed E-state index contributed by atoms with van der Waals surface area (Å²) in [5.74, 6) is 1.000. The molecule has 4 heteroatoms. The number of aliphatic hydroxyl groups excluding tert-OH is 1. The minimum absolute atomic E-state index is 0.0485. The van der Waals surface area contributed by atoms with Gasteiger partial charge in [-0.15, -0.1) is 0 Å². The Bertz CT molecular complexity index is 265. The number of rotatable bonds is 6. The van der Waals surface area contributed by atoms with E-state index in [2.05, 4.69) is 10.6 Å². The van der Waals surface area contributed by atoms with Crippen LogP contribution < -0.4 is 10.6 Å². The number of unbranched alkanes of at least 4 members (excludes halogenated alkanes) is 1. The molecule has 2 atom stereocenters. The molecule has 1 saturated heterocycles. The molecule has 0 aromatic rings. The molecule has 1 aliphatic carbocycles. The maximum atomic E-state index is 11.7. The minimum atomic E-state index is -0.358. The average molecular weight is 254 g/mol. The Labute approximate surface area is 110 Å². The molecule has 2 rings (SSSR count). The normalized spacial score (nSPS) is 28.7. The van der Waals surface area contributed by atoms with Gasteiger partial charge in [0.1, 0.15) is 0 Å². The molecular formula is C14H26N2O2. The van der Waals surface area contributed by atoms with E-state index < -0.39 is 0 Å². The number of carbonyl (C=O) groups is 1. The number of amides is 1. The Balaban J connectivity index is 1.48. The van der Waals surface area contributed by atoms with Gasteiger partial charge < -0.3 is 15.7 Å². The zero-order chi connectivity index (χ0) is 12.8. The van der Waals surface area contributed by atoms with Gasteiger partial charge in [-0.2, -0.15) is 0 Å². The molecule has 18 heavy (non-hydrogen) atoms. The summed E-state index contributed by atoms with van der Waals surface area (Å²) in [6.45, 7) is 1.32. The molecule has 1 saturated carbocycles. The number of hydrogen-bond acceptors (Lipinski definition) is 3. The van der Waals surface area contributed by atoms with Crippen LogP contribution in [0.4, 0.5) is 0 Å². The maximum absolute atomic E-state index is 11.7. The van der Waals surface area contributed by atoms with Crippen LogP contribution in [0.25, 0.3) is 0 Å². The third-order valence-corrected chi connectivity index (χ3v) is 4.24. The molecule has 1 heterocycles. The standard InChI is InChI=1S/C14H26N2O2/c17-12-9-13(16-10-12)14(18)15-8-4-3-7-11-5-1-2-6-11/h11-13,16-17H,1-10H2,(H,15,18). The number of β-amino-alcohol motifs (C(OH)–C–C–N with tert-alkyl or cyclic N) is 1. The summed E-state index contributed by atoms with van der Waals surface area (Å²) in [5, 5.41) is 15.3. The van der Waals surface area contributed by atoms with E-state index in [0.29, 0.717) is 13.0 Å². The van der Waals surface area contributed by atoms with Gasteiger partial charge in [-0.3, -0.25) is 4.79 Å². The first kappa shape index (κ1) is 13.8. The molecule has 3 N–H and O–H groups in total. The van der Waals surface area contributed by atoms with Crippen LogP contribution in [0, 0.1) is 5.92 Å². The molecule has 0 spiro atoms. The van der Waals surface area contributed by atoms with Crippen molar-refractivity contribution in [1.29, 1.82) is 0 Å². The Morgan fingerprint density at radius 1 is 1.28 bits per heavy atom. The van der Waals surface area contributed by atoms with Crippen LogP contribution in [0.1, 0.15) is 51.4 Å². The average Bonchev–Trinajstić information content (AvgIpc) is 2.99. The Kier molecular flexibility index (Phi) is 5.45. The van der Waals surface area contributed by atoms with Crippen LogP contribution in [0.5, 0.6) is 0 Å². The van der Waals surface area contributed by atoms with Crippen molar-refractivity contribution in [3.8, 4) is 0 Å². The Morgan fingerprint density at radius 3 is 2.72 bits per heavy atom. The second kappa shape index (κ2) is 7.10. The second-order valence-corrected chi connectivity index (χ2v) is 5.79. The van der Waals surface area contributed by atoms with E-state index in [4.69, 9.17) is 0 Å². The number of aliphatic hydroxyl groups is 1. The van der Waals surface area contributed by atoms with Crippen molar-refractivity contribution >= 4 is 5.91 Å². The van der Waals surface area contributed by atoms with Gasteiger partial charge in [0.2, 0.25) is 5.91 Å². The lowest BCUT2D eigenvalue weighted by atomic mass is 10.0. The summed E-state index contributed by atoms with van der Waals surface area (Å²) in [6, 6.07) is -0.185. The van der Waals surface area contributed by atoms with E-state index in [0.717, 1.165) is 18.9 Å². The molecule has 2 fully saturated rings. The summed E-state index contributed by atoms with van der Waals surface area (Å²) < 4.78 is 0. The van der Waals surface area contributed by atoms with Gasteiger partial charge in [0.05, 0.1) is 12.1 Å². The first-order chi connectivity index (χ1) is 8.75. The fourth-order valence-electron chi connectivity index (χ4n) is 3.11. The van der Waals surface area contributed by atoms with E-state index in [-0.39, 0.29) is 18.1 Å². The van der Waals surface area contributed by atoms with Crippen molar-refractivity contribution in [2.45, 2.75) is 63.5 Å². The van der Waals surface area contributed by atoms with Crippen LogP contribution in [0.2, 0.25) is 0 Å². The lowest BCUT2D eigenvalue weighted by Gasteiger charge is -2.12. The summed E-state index contributed by atoms with van der Waals surface area (Å²) in [6.07, 6.45) is 9.48. The highest BCUT2D eigenvalue weighted by atomic mass is 16.3. The predicted octanol–water partition coefficient (Wildman–Crippen LogP) is 1.19. The highest BCUT2D eigenvalue weighted by molar-refractivity contribution is 5.82. The van der Waals surface area contributed by atoms with Crippen molar-refractivity contribution in [2.75, 3.05) is 13.1 Å². The molecule has 4 nitrogen and oxygen atoms in total. The second-order valence-electron chi connectivity index (χ2n) is 5.79. The molecule has 2 unspecified atom stereocenters. The van der Waals surface area contributed by atoms with Crippen molar-refractivity contribution < 1.29 is 9.90 Å². The van der Waals surface area contributed by atoms with Crippen LogP contribution in [-0.4, -0.2) is 36.2 Å². The van der Waals surface area contributed by atoms with Gasteiger partial charge in [0.15, 0.2) is 0 Å². The SMILES string of the molecule is O=C(NCCCCC1CCCC1)C1CC(O)CN1. The summed E-state index contributed by atoms with van der Waals surface area (Å²) in [5.41, 5.74) is 0. The molecule has 1 amide bonds. The van der Waals surface area contributed by atoms with Gasteiger partial charge >= 0.3 is 0 Å². The van der Waals surface area contributed by atoms with Crippen molar-refractivity contribution in [1.82, 2.24) is 10.6 Å². The van der Waals surface area contributed by atoms with Crippen molar-refractivity contribution in [2.24, 2.45) is 5.92 Å². The zero-order valence-corrected chi connectivity index (χ0v) is 11.2. The monoisotopic (exact) mass is 254 g/mol. The molecule has 0 aromatic carbocycles. The zero-order valence-electron chi connectivity index (χ0n) is 11.2. The summed E-state index contributed by atoms with van der Waals surface area (Å²) in [7, 11) is 0. The molecule has 0 radical (unpaired) electrons. The summed E-state index contributed by atoms with van der Waals surface area (Å²) >= 11 is 0. The van der Waals surface area contributed by atoms with Crippen LogP contribution in [-0.2, 0) is 4.79 Å². The third-order valence-electron chi connectivity index (χ3n) is 4.24. The molecule has 104 valence electrons. The van der Waals surface area contributed by atoms with Gasteiger partial charge in [-0.05, 0) is 18.8 Å². The van der Waals surface area contributed by atoms with Crippen LogP contribution >= 0.6 is 0 Å². The minimum Gasteiger partial charge on any atom is -0.392 e. The molecular weight excluding hydrogens is 228 g/mol. The highest BCUT2D eigenvalue weighted by Crippen LogP contribution is 2.28. The number of hydrogen-bond donors (Lipinski definition) is 3. The number of nitrogens with one attached hydrogen (secondary N) is 2. The topological polar surface area (TPSA) is 61.4 Å². The fraction of sp³-hybridized carbons (Fsp3) is 0.929. The van der Waals surface area contributed by atoms with Gasteiger partial charge in [0.25, 0.3) is 0 Å². The predicted molar refractivity (Wildman–Crippen MR) is 71.2 cm³/mol. The molecule has 1 aliphatic heterocycles. The third kappa shape index (κ3) is 4.25. The lowest BCUT2D eigenvalue weighted by molar-refractivity contribution is -0.122. The lowest BCUT2D eigenvalue weighted by Crippen LogP contribution is -2.40. The van der Waals surface area contributed by atoms with E-state index >= 15 is 0 Å². The highest BCUT2D eigenvalue weighted by Gasteiger charge is 2.27. The maximum Gasteiger partial charge on any atom is 0.237 e. The number of carbonyl (C=O) groups excluding carboxylic acids is 1. The van der Waals surface area contributed by atoms with Crippen LogP contribution in [0.3, 0.4) is 0 Å². The van der Waals surface area contributed by atoms with Crippen LogP contribution in [0.15, 0.2) is 0 Å². The first-order valence-corrected chi connectivity index (χ1v) is 7.45. The Morgan fingerprint density at radius 2 is 2.06 bits per heavy atom. The van der Waals surface area contributed by atoms with Crippen molar-refractivity contribution in [3.05, 3.63) is 0 Å². The van der Waals surface area contributed by atoms with Gasteiger partial charge in [-0.25, -0.2) is 0 Å². The quantitative estimate of drug-likeness (QED) is 0.624. The van der Waals surface area contributed by atoms with Gasteiger partial charge in [0, 0.05) is 13.1 Å².